The monoisotopic (exact) mass is 331 g/mol. The summed E-state index contributed by atoms with van der Waals surface area (Å²) in [5, 5.41) is 0. The van der Waals surface area contributed by atoms with Gasteiger partial charge in [0, 0.05) is 29.8 Å². The lowest BCUT2D eigenvalue weighted by atomic mass is 10.2. The number of fused-ring (bicyclic) bond motifs is 1. The summed E-state index contributed by atoms with van der Waals surface area (Å²) in [6.45, 7) is 2.55. The second kappa shape index (κ2) is 6.28. The van der Waals surface area contributed by atoms with Gasteiger partial charge in [-0.25, -0.2) is 4.98 Å². The molecule has 0 N–H and O–H groups in total. The highest BCUT2D eigenvalue weighted by atomic mass is 16.5. The van der Waals surface area contributed by atoms with Crippen LogP contribution in [0.2, 0.25) is 0 Å². The van der Waals surface area contributed by atoms with Crippen LogP contribution < -0.4 is 10.3 Å². The summed E-state index contributed by atoms with van der Waals surface area (Å²) in [5.74, 6) is 0.785. The number of hydrogen-bond acceptors (Lipinski definition) is 3. The molecule has 0 amide bonds. The minimum Gasteiger partial charge on any atom is -0.494 e. The molecule has 0 radical (unpaired) electrons. The van der Waals surface area contributed by atoms with Crippen molar-refractivity contribution < 1.29 is 4.74 Å². The van der Waals surface area contributed by atoms with Crippen molar-refractivity contribution >= 4 is 5.65 Å². The maximum absolute atomic E-state index is 12.8. The first-order valence-corrected chi connectivity index (χ1v) is 8.15. The standard InChI is InChI=1S/C20H17N3O2/c1-2-25-17-10-8-16(9-11-17)23-13-12-22-14-18(21-19(22)20(23)24)15-6-4-3-5-7-15/h3-14H,2H2,1H3. The van der Waals surface area contributed by atoms with Gasteiger partial charge in [-0.3, -0.25) is 9.36 Å². The van der Waals surface area contributed by atoms with Gasteiger partial charge in [0.2, 0.25) is 5.65 Å². The highest BCUT2D eigenvalue weighted by Gasteiger charge is 2.10. The normalized spacial score (nSPS) is 10.9. The molecule has 2 heterocycles. The largest absolute Gasteiger partial charge is 0.494 e. The van der Waals surface area contributed by atoms with E-state index in [1.54, 1.807) is 15.2 Å². The van der Waals surface area contributed by atoms with Crippen LogP contribution in [0.15, 0.2) is 78.0 Å². The second-order valence-corrected chi connectivity index (χ2v) is 5.62. The molecule has 5 heteroatoms. The molecule has 25 heavy (non-hydrogen) atoms. The molecule has 2 aromatic heterocycles. The first kappa shape index (κ1) is 15.2. The van der Waals surface area contributed by atoms with Gasteiger partial charge >= 0.3 is 0 Å². The molecule has 0 atom stereocenters. The SMILES string of the molecule is CCOc1ccc(-n2ccn3cc(-c4ccccc4)nc3c2=O)cc1. The van der Waals surface area contributed by atoms with Crippen molar-refractivity contribution in [2.24, 2.45) is 0 Å². The van der Waals surface area contributed by atoms with Crippen LogP contribution in [0.5, 0.6) is 5.75 Å². The second-order valence-electron chi connectivity index (χ2n) is 5.62. The third-order valence-corrected chi connectivity index (χ3v) is 4.01. The first-order valence-electron chi connectivity index (χ1n) is 8.15. The van der Waals surface area contributed by atoms with E-state index in [1.165, 1.54) is 0 Å². The van der Waals surface area contributed by atoms with E-state index < -0.39 is 0 Å². The van der Waals surface area contributed by atoms with Crippen molar-refractivity contribution in [3.8, 4) is 22.7 Å². The fraction of sp³-hybridized carbons (Fsp3) is 0.100. The Balaban J connectivity index is 1.79. The summed E-state index contributed by atoms with van der Waals surface area (Å²) < 4.78 is 8.80. The van der Waals surface area contributed by atoms with Crippen LogP contribution in [0.4, 0.5) is 0 Å². The van der Waals surface area contributed by atoms with Gasteiger partial charge in [0.05, 0.1) is 12.3 Å². The minimum absolute atomic E-state index is 0.158. The molecule has 0 bridgehead atoms. The van der Waals surface area contributed by atoms with Crippen LogP contribution in [-0.2, 0) is 0 Å². The summed E-state index contributed by atoms with van der Waals surface area (Å²) in [6.07, 6.45) is 5.46. The van der Waals surface area contributed by atoms with Crippen molar-refractivity contribution in [2.75, 3.05) is 6.61 Å². The number of nitrogens with zero attached hydrogens (tertiary/aromatic N) is 3. The van der Waals surface area contributed by atoms with Crippen molar-refractivity contribution in [3.63, 3.8) is 0 Å². The summed E-state index contributed by atoms with van der Waals surface area (Å²) in [6, 6.07) is 17.3. The number of aromatic nitrogens is 3. The Hall–Kier alpha value is -3.34. The Kier molecular flexibility index (Phi) is 3.82. The van der Waals surface area contributed by atoms with Gasteiger partial charge in [-0.15, -0.1) is 0 Å². The van der Waals surface area contributed by atoms with Crippen LogP contribution in [0.1, 0.15) is 6.92 Å². The van der Waals surface area contributed by atoms with E-state index in [1.807, 2.05) is 73.9 Å². The fourth-order valence-electron chi connectivity index (χ4n) is 2.80. The lowest BCUT2D eigenvalue weighted by molar-refractivity contribution is 0.340. The molecule has 0 aliphatic rings. The molecule has 0 spiro atoms. The lowest BCUT2D eigenvalue weighted by Gasteiger charge is -2.07. The van der Waals surface area contributed by atoms with E-state index in [9.17, 15) is 4.79 Å². The first-order chi connectivity index (χ1) is 12.3. The van der Waals surface area contributed by atoms with Gasteiger partial charge in [0.1, 0.15) is 5.75 Å². The zero-order valence-corrected chi connectivity index (χ0v) is 13.8. The highest BCUT2D eigenvalue weighted by Crippen LogP contribution is 2.18. The molecule has 5 nitrogen and oxygen atoms in total. The lowest BCUT2D eigenvalue weighted by Crippen LogP contribution is -2.19. The van der Waals surface area contributed by atoms with Crippen LogP contribution >= 0.6 is 0 Å². The Morgan fingerprint density at radius 3 is 2.48 bits per heavy atom. The average molecular weight is 331 g/mol. The van der Waals surface area contributed by atoms with E-state index in [4.69, 9.17) is 4.74 Å². The zero-order chi connectivity index (χ0) is 17.2. The van der Waals surface area contributed by atoms with Crippen molar-refractivity contribution in [2.45, 2.75) is 6.92 Å². The third kappa shape index (κ3) is 2.80. The quantitative estimate of drug-likeness (QED) is 0.574. The van der Waals surface area contributed by atoms with E-state index in [2.05, 4.69) is 4.98 Å². The van der Waals surface area contributed by atoms with Gasteiger partial charge in [0.15, 0.2) is 0 Å². The van der Waals surface area contributed by atoms with Gasteiger partial charge in [0.25, 0.3) is 5.56 Å². The van der Waals surface area contributed by atoms with Crippen LogP contribution in [0.25, 0.3) is 22.6 Å². The molecule has 0 saturated carbocycles. The summed E-state index contributed by atoms with van der Waals surface area (Å²) in [5.41, 5.74) is 2.78. The highest BCUT2D eigenvalue weighted by molar-refractivity contribution is 5.62. The Morgan fingerprint density at radius 1 is 1.00 bits per heavy atom. The maximum Gasteiger partial charge on any atom is 0.298 e. The molecular formula is C20H17N3O2. The molecular weight excluding hydrogens is 314 g/mol. The molecule has 0 aliphatic heterocycles. The van der Waals surface area contributed by atoms with E-state index >= 15 is 0 Å². The molecule has 4 rings (SSSR count). The topological polar surface area (TPSA) is 48.5 Å². The molecule has 124 valence electrons. The number of rotatable bonds is 4. The molecule has 0 unspecified atom stereocenters. The molecule has 0 fully saturated rings. The predicted molar refractivity (Wildman–Crippen MR) is 97.4 cm³/mol. The molecule has 4 aromatic rings. The number of ether oxygens (including phenoxy) is 1. The van der Waals surface area contributed by atoms with Crippen molar-refractivity contribution in [1.29, 1.82) is 0 Å². The predicted octanol–water partition coefficient (Wildman–Crippen LogP) is 3.55. The van der Waals surface area contributed by atoms with E-state index in [0.717, 1.165) is 22.7 Å². The van der Waals surface area contributed by atoms with Gasteiger partial charge in [-0.1, -0.05) is 30.3 Å². The zero-order valence-electron chi connectivity index (χ0n) is 13.8. The van der Waals surface area contributed by atoms with Crippen LogP contribution in [0.3, 0.4) is 0 Å². The smallest absolute Gasteiger partial charge is 0.298 e. The Morgan fingerprint density at radius 2 is 1.76 bits per heavy atom. The minimum atomic E-state index is -0.158. The maximum atomic E-state index is 12.8. The van der Waals surface area contributed by atoms with E-state index in [0.29, 0.717) is 12.3 Å². The summed E-state index contributed by atoms with van der Waals surface area (Å²) >= 11 is 0. The molecule has 0 saturated heterocycles. The fourth-order valence-corrected chi connectivity index (χ4v) is 2.80. The van der Waals surface area contributed by atoms with Crippen molar-refractivity contribution in [3.05, 3.63) is 83.5 Å². The van der Waals surface area contributed by atoms with Gasteiger partial charge in [-0.05, 0) is 31.2 Å². The summed E-state index contributed by atoms with van der Waals surface area (Å²) in [7, 11) is 0. The number of imidazole rings is 1. The van der Waals surface area contributed by atoms with Crippen LogP contribution in [-0.4, -0.2) is 20.6 Å². The average Bonchev–Trinajstić information content (AvgIpc) is 3.09. The van der Waals surface area contributed by atoms with Crippen LogP contribution in [0, 0.1) is 0 Å². The number of hydrogen-bond donors (Lipinski definition) is 0. The Labute approximate surface area is 144 Å². The van der Waals surface area contributed by atoms with Crippen molar-refractivity contribution in [1.82, 2.24) is 14.0 Å². The molecule has 2 aromatic carbocycles. The number of benzene rings is 2. The van der Waals surface area contributed by atoms with Gasteiger partial charge < -0.3 is 9.14 Å². The van der Waals surface area contributed by atoms with Gasteiger partial charge in [-0.2, -0.15) is 0 Å². The third-order valence-electron chi connectivity index (χ3n) is 4.01. The molecule has 0 aliphatic carbocycles. The Bertz CT molecular complexity index is 1060. The van der Waals surface area contributed by atoms with E-state index in [-0.39, 0.29) is 5.56 Å². The summed E-state index contributed by atoms with van der Waals surface area (Å²) in [4.78, 5) is 17.4.